The molecule has 0 aromatic carbocycles. The van der Waals surface area contributed by atoms with Gasteiger partial charge in [0.1, 0.15) is 0 Å². The molecule has 1 aromatic rings. The van der Waals surface area contributed by atoms with Crippen LogP contribution in [0.25, 0.3) is 0 Å². The van der Waals surface area contributed by atoms with Gasteiger partial charge in [-0.3, -0.25) is 9.78 Å². The van der Waals surface area contributed by atoms with E-state index in [-0.39, 0.29) is 0 Å². The predicted octanol–water partition coefficient (Wildman–Crippen LogP) is 1.86. The van der Waals surface area contributed by atoms with Gasteiger partial charge in [0.05, 0.1) is 0 Å². The first kappa shape index (κ1) is 15.0. The van der Waals surface area contributed by atoms with Crippen molar-refractivity contribution in [2.75, 3.05) is 26.2 Å². The molecule has 0 aliphatic carbocycles. The summed E-state index contributed by atoms with van der Waals surface area (Å²) in [5.74, 6) is 0.951. The Balaban J connectivity index is 1.57. The first-order chi connectivity index (χ1) is 9.75. The number of pyridine rings is 1. The molecule has 1 amide bonds. The molecule has 2 rings (SSSR count). The number of hydrogen-bond acceptors (Lipinski definition) is 3. The van der Waals surface area contributed by atoms with Crippen molar-refractivity contribution in [1.82, 2.24) is 15.2 Å². The highest BCUT2D eigenvalue weighted by Gasteiger charge is 2.20. The molecule has 2 heterocycles. The van der Waals surface area contributed by atoms with Crippen molar-refractivity contribution in [2.24, 2.45) is 5.92 Å². The summed E-state index contributed by atoms with van der Waals surface area (Å²) in [5, 5.41) is 3.33. The zero-order chi connectivity index (χ0) is 14.2. The van der Waals surface area contributed by atoms with Gasteiger partial charge in [-0.15, -0.1) is 0 Å². The van der Waals surface area contributed by atoms with E-state index in [0.717, 1.165) is 44.7 Å². The van der Waals surface area contributed by atoms with Gasteiger partial charge in [-0.2, -0.15) is 0 Å². The van der Waals surface area contributed by atoms with E-state index in [9.17, 15) is 4.79 Å². The zero-order valence-electron chi connectivity index (χ0n) is 12.3. The summed E-state index contributed by atoms with van der Waals surface area (Å²) in [6.45, 7) is 5.74. The fourth-order valence-electron chi connectivity index (χ4n) is 2.66. The second-order valence-corrected chi connectivity index (χ2v) is 5.66. The van der Waals surface area contributed by atoms with Crippen LogP contribution in [-0.2, 0) is 11.2 Å². The Morgan fingerprint density at radius 3 is 3.10 bits per heavy atom. The van der Waals surface area contributed by atoms with Crippen molar-refractivity contribution in [2.45, 2.75) is 32.6 Å². The quantitative estimate of drug-likeness (QED) is 0.806. The molecule has 110 valence electrons. The first-order valence-corrected chi connectivity index (χ1v) is 7.64. The van der Waals surface area contributed by atoms with E-state index in [1.54, 1.807) is 0 Å². The van der Waals surface area contributed by atoms with E-state index in [1.165, 1.54) is 6.42 Å². The Kier molecular flexibility index (Phi) is 5.99. The van der Waals surface area contributed by atoms with Crippen LogP contribution < -0.4 is 5.32 Å². The third-order valence-corrected chi connectivity index (χ3v) is 3.81. The molecule has 1 atom stereocenters. The molecule has 0 radical (unpaired) electrons. The Hall–Kier alpha value is -1.42. The van der Waals surface area contributed by atoms with Crippen molar-refractivity contribution < 1.29 is 4.79 Å². The number of hydrogen-bond donors (Lipinski definition) is 1. The van der Waals surface area contributed by atoms with E-state index in [0.29, 0.717) is 18.2 Å². The number of amides is 1. The number of piperidine rings is 1. The van der Waals surface area contributed by atoms with E-state index in [4.69, 9.17) is 0 Å². The molecule has 4 heteroatoms. The fraction of sp³-hybridized carbons (Fsp3) is 0.625. The number of nitrogens with one attached hydrogen (secondary N) is 1. The van der Waals surface area contributed by atoms with Gasteiger partial charge < -0.3 is 10.2 Å². The minimum Gasteiger partial charge on any atom is -0.342 e. The standard InChI is InChI=1S/C16H25N3O/c1-14-5-4-12-19(13-14)16(20)8-11-17-10-7-15-6-2-3-9-18-15/h2-3,6,9,14,17H,4-5,7-8,10-13H2,1H3. The normalized spacial score (nSPS) is 19.1. The Labute approximate surface area is 121 Å². The third kappa shape index (κ3) is 4.93. The predicted molar refractivity (Wildman–Crippen MR) is 80.4 cm³/mol. The number of carbonyl (C=O) groups is 1. The van der Waals surface area contributed by atoms with Gasteiger partial charge in [0, 0.05) is 50.9 Å². The molecule has 1 aromatic heterocycles. The molecule has 20 heavy (non-hydrogen) atoms. The van der Waals surface area contributed by atoms with Gasteiger partial charge in [-0.1, -0.05) is 13.0 Å². The van der Waals surface area contributed by atoms with E-state index < -0.39 is 0 Å². The molecule has 1 fully saturated rings. The van der Waals surface area contributed by atoms with Gasteiger partial charge in [0.2, 0.25) is 5.91 Å². The van der Waals surface area contributed by atoms with Crippen LogP contribution in [-0.4, -0.2) is 42.0 Å². The van der Waals surface area contributed by atoms with Crippen LogP contribution in [0.4, 0.5) is 0 Å². The molecule has 0 saturated carbocycles. The van der Waals surface area contributed by atoms with Crippen molar-refractivity contribution in [1.29, 1.82) is 0 Å². The molecule has 1 aliphatic heterocycles. The summed E-state index contributed by atoms with van der Waals surface area (Å²) in [4.78, 5) is 18.4. The van der Waals surface area contributed by atoms with E-state index in [1.807, 2.05) is 29.3 Å². The van der Waals surface area contributed by atoms with Gasteiger partial charge in [-0.25, -0.2) is 0 Å². The van der Waals surface area contributed by atoms with E-state index >= 15 is 0 Å². The number of likely N-dealkylation sites (tertiary alicyclic amines) is 1. The minimum atomic E-state index is 0.293. The van der Waals surface area contributed by atoms with Crippen LogP contribution in [0.3, 0.4) is 0 Å². The van der Waals surface area contributed by atoms with Crippen molar-refractivity contribution in [3.8, 4) is 0 Å². The van der Waals surface area contributed by atoms with Crippen LogP contribution >= 0.6 is 0 Å². The van der Waals surface area contributed by atoms with Gasteiger partial charge in [0.25, 0.3) is 0 Å². The second-order valence-electron chi connectivity index (χ2n) is 5.66. The van der Waals surface area contributed by atoms with Crippen molar-refractivity contribution in [3.05, 3.63) is 30.1 Å². The van der Waals surface area contributed by atoms with Crippen LogP contribution in [0.5, 0.6) is 0 Å². The molecule has 1 N–H and O–H groups in total. The van der Waals surface area contributed by atoms with Gasteiger partial charge >= 0.3 is 0 Å². The van der Waals surface area contributed by atoms with Crippen LogP contribution in [0, 0.1) is 5.92 Å². The second kappa shape index (κ2) is 8.00. The Morgan fingerprint density at radius 2 is 2.35 bits per heavy atom. The lowest BCUT2D eigenvalue weighted by atomic mass is 10.00. The maximum Gasteiger partial charge on any atom is 0.223 e. The highest BCUT2D eigenvalue weighted by atomic mass is 16.2. The average Bonchev–Trinajstić information content (AvgIpc) is 2.48. The number of carbonyl (C=O) groups excluding carboxylic acids is 1. The van der Waals surface area contributed by atoms with Crippen molar-refractivity contribution in [3.63, 3.8) is 0 Å². The number of rotatable bonds is 6. The summed E-state index contributed by atoms with van der Waals surface area (Å²) in [6.07, 6.45) is 5.74. The molecular weight excluding hydrogens is 250 g/mol. The fourth-order valence-corrected chi connectivity index (χ4v) is 2.66. The Bertz CT molecular complexity index is 407. The highest BCUT2D eigenvalue weighted by molar-refractivity contribution is 5.76. The monoisotopic (exact) mass is 275 g/mol. The maximum atomic E-state index is 12.1. The van der Waals surface area contributed by atoms with Crippen LogP contribution in [0.15, 0.2) is 24.4 Å². The molecule has 0 spiro atoms. The van der Waals surface area contributed by atoms with Gasteiger partial charge in [0.15, 0.2) is 0 Å². The molecule has 1 aliphatic rings. The summed E-state index contributed by atoms with van der Waals surface area (Å²) < 4.78 is 0. The first-order valence-electron chi connectivity index (χ1n) is 7.64. The lowest BCUT2D eigenvalue weighted by molar-refractivity contribution is -0.132. The average molecular weight is 275 g/mol. The SMILES string of the molecule is CC1CCCN(C(=O)CCNCCc2ccccn2)C1. The molecule has 0 bridgehead atoms. The molecular formula is C16H25N3O. The smallest absolute Gasteiger partial charge is 0.223 e. The summed E-state index contributed by atoms with van der Waals surface area (Å²) in [7, 11) is 0. The van der Waals surface area contributed by atoms with Crippen molar-refractivity contribution >= 4 is 5.91 Å². The lowest BCUT2D eigenvalue weighted by Gasteiger charge is -2.31. The molecule has 4 nitrogen and oxygen atoms in total. The zero-order valence-corrected chi connectivity index (χ0v) is 12.3. The Morgan fingerprint density at radius 1 is 1.45 bits per heavy atom. The maximum absolute atomic E-state index is 12.1. The lowest BCUT2D eigenvalue weighted by Crippen LogP contribution is -2.40. The van der Waals surface area contributed by atoms with Crippen LogP contribution in [0.2, 0.25) is 0 Å². The van der Waals surface area contributed by atoms with Crippen LogP contribution in [0.1, 0.15) is 31.9 Å². The summed E-state index contributed by atoms with van der Waals surface area (Å²) >= 11 is 0. The number of aromatic nitrogens is 1. The van der Waals surface area contributed by atoms with Gasteiger partial charge in [-0.05, 0) is 30.9 Å². The minimum absolute atomic E-state index is 0.293. The third-order valence-electron chi connectivity index (χ3n) is 3.81. The summed E-state index contributed by atoms with van der Waals surface area (Å²) in [6, 6.07) is 5.96. The largest absolute Gasteiger partial charge is 0.342 e. The molecule has 1 saturated heterocycles. The van der Waals surface area contributed by atoms with E-state index in [2.05, 4.69) is 17.2 Å². The summed E-state index contributed by atoms with van der Waals surface area (Å²) in [5.41, 5.74) is 1.09. The highest BCUT2D eigenvalue weighted by Crippen LogP contribution is 2.15. The number of nitrogens with zero attached hydrogens (tertiary/aromatic N) is 2. The molecule has 1 unspecified atom stereocenters. The topological polar surface area (TPSA) is 45.2 Å².